The van der Waals surface area contributed by atoms with E-state index < -0.39 is 0 Å². The van der Waals surface area contributed by atoms with Gasteiger partial charge >= 0.3 is 0 Å². The summed E-state index contributed by atoms with van der Waals surface area (Å²) < 4.78 is 11.0. The van der Waals surface area contributed by atoms with E-state index in [0.29, 0.717) is 6.54 Å². The van der Waals surface area contributed by atoms with E-state index in [2.05, 4.69) is 17.0 Å². The standard InChI is InChI=1S/C25H25NO3/c27-25(22-12-6-8-19-7-4-5-11-21(19)22)26(20-9-2-1-3-10-20)16-18-13-14-23-24(15-18)29-17-28-23/h4-8,11-15,20H,1-3,9-10,16-17H2. The van der Waals surface area contributed by atoms with Crippen LogP contribution in [0.25, 0.3) is 10.8 Å². The van der Waals surface area contributed by atoms with Gasteiger partial charge in [0.2, 0.25) is 6.79 Å². The third-order valence-electron chi connectivity index (χ3n) is 6.09. The van der Waals surface area contributed by atoms with Gasteiger partial charge in [0.25, 0.3) is 5.91 Å². The lowest BCUT2D eigenvalue weighted by Crippen LogP contribution is -2.41. The van der Waals surface area contributed by atoms with Gasteiger partial charge in [-0.2, -0.15) is 0 Å². The number of benzene rings is 3. The van der Waals surface area contributed by atoms with Crippen LogP contribution in [0.2, 0.25) is 0 Å². The van der Waals surface area contributed by atoms with Crippen LogP contribution in [0.1, 0.15) is 48.0 Å². The monoisotopic (exact) mass is 387 g/mol. The fraction of sp³-hybridized carbons (Fsp3) is 0.320. The van der Waals surface area contributed by atoms with Crippen molar-refractivity contribution in [3.05, 3.63) is 71.8 Å². The second kappa shape index (κ2) is 7.78. The van der Waals surface area contributed by atoms with Gasteiger partial charge in [0, 0.05) is 18.2 Å². The Morgan fingerprint density at radius 1 is 0.897 bits per heavy atom. The van der Waals surface area contributed by atoms with Crippen LogP contribution in [0.5, 0.6) is 11.5 Å². The molecule has 1 aliphatic carbocycles. The Morgan fingerprint density at radius 2 is 1.69 bits per heavy atom. The van der Waals surface area contributed by atoms with E-state index in [1.165, 1.54) is 19.3 Å². The second-order valence-corrected chi connectivity index (χ2v) is 7.94. The average molecular weight is 387 g/mol. The van der Waals surface area contributed by atoms with Gasteiger partial charge in [-0.1, -0.05) is 61.7 Å². The number of hydrogen-bond donors (Lipinski definition) is 0. The van der Waals surface area contributed by atoms with Crippen molar-refractivity contribution in [1.29, 1.82) is 0 Å². The molecule has 0 unspecified atom stereocenters. The number of nitrogens with zero attached hydrogens (tertiary/aromatic N) is 1. The quantitative estimate of drug-likeness (QED) is 0.590. The summed E-state index contributed by atoms with van der Waals surface area (Å²) in [6.45, 7) is 0.851. The van der Waals surface area contributed by atoms with Crippen LogP contribution in [-0.4, -0.2) is 23.6 Å². The van der Waals surface area contributed by atoms with Crippen LogP contribution in [0.3, 0.4) is 0 Å². The molecule has 1 heterocycles. The van der Waals surface area contributed by atoms with Crippen molar-refractivity contribution in [1.82, 2.24) is 4.90 Å². The Morgan fingerprint density at radius 3 is 2.59 bits per heavy atom. The molecule has 0 spiro atoms. The van der Waals surface area contributed by atoms with E-state index in [1.807, 2.05) is 48.5 Å². The molecule has 2 aliphatic rings. The number of carbonyl (C=O) groups excluding carboxylic acids is 1. The summed E-state index contributed by atoms with van der Waals surface area (Å²) in [6, 6.07) is 20.4. The molecule has 4 nitrogen and oxygen atoms in total. The highest BCUT2D eigenvalue weighted by molar-refractivity contribution is 6.07. The molecule has 0 bridgehead atoms. The SMILES string of the molecule is O=C(c1cccc2ccccc12)N(Cc1ccc2c(c1)OCO2)C1CCCCC1. The maximum atomic E-state index is 13.8. The molecule has 1 aliphatic heterocycles. The molecule has 0 atom stereocenters. The Labute approximate surface area is 171 Å². The summed E-state index contributed by atoms with van der Waals surface area (Å²) in [6.07, 6.45) is 5.77. The first-order valence-corrected chi connectivity index (χ1v) is 10.5. The van der Waals surface area contributed by atoms with E-state index >= 15 is 0 Å². The first-order valence-electron chi connectivity index (χ1n) is 10.5. The van der Waals surface area contributed by atoms with E-state index in [0.717, 1.165) is 46.2 Å². The highest BCUT2D eigenvalue weighted by Gasteiger charge is 2.28. The molecule has 148 valence electrons. The zero-order valence-electron chi connectivity index (χ0n) is 16.5. The van der Waals surface area contributed by atoms with Crippen molar-refractivity contribution in [3.8, 4) is 11.5 Å². The highest BCUT2D eigenvalue weighted by Crippen LogP contribution is 2.34. The number of rotatable bonds is 4. The van der Waals surface area contributed by atoms with Gasteiger partial charge < -0.3 is 14.4 Å². The van der Waals surface area contributed by atoms with Gasteiger partial charge in [-0.3, -0.25) is 4.79 Å². The zero-order chi connectivity index (χ0) is 19.6. The Hall–Kier alpha value is -3.01. The third kappa shape index (κ3) is 3.55. The molecule has 0 N–H and O–H groups in total. The molecular formula is C25H25NO3. The number of carbonyl (C=O) groups is 1. The predicted octanol–water partition coefficient (Wildman–Crippen LogP) is 5.54. The van der Waals surface area contributed by atoms with Gasteiger partial charge in [-0.05, 0) is 47.4 Å². The van der Waals surface area contributed by atoms with Crippen molar-refractivity contribution in [2.24, 2.45) is 0 Å². The lowest BCUT2D eigenvalue weighted by molar-refractivity contribution is 0.0616. The molecule has 0 aromatic heterocycles. The van der Waals surface area contributed by atoms with Gasteiger partial charge in [-0.15, -0.1) is 0 Å². The molecule has 1 fully saturated rings. The van der Waals surface area contributed by atoms with Gasteiger partial charge in [0.05, 0.1) is 0 Å². The van der Waals surface area contributed by atoms with Crippen molar-refractivity contribution >= 4 is 16.7 Å². The third-order valence-corrected chi connectivity index (χ3v) is 6.09. The number of amides is 1. The predicted molar refractivity (Wildman–Crippen MR) is 113 cm³/mol. The molecule has 1 amide bonds. The van der Waals surface area contributed by atoms with Crippen molar-refractivity contribution < 1.29 is 14.3 Å². The average Bonchev–Trinajstić information content (AvgIpc) is 3.25. The number of fused-ring (bicyclic) bond motifs is 2. The maximum absolute atomic E-state index is 13.8. The Balaban J connectivity index is 1.50. The van der Waals surface area contributed by atoms with Gasteiger partial charge in [0.15, 0.2) is 11.5 Å². The van der Waals surface area contributed by atoms with E-state index in [1.54, 1.807) is 0 Å². The summed E-state index contributed by atoms with van der Waals surface area (Å²) >= 11 is 0. The minimum Gasteiger partial charge on any atom is -0.454 e. The molecule has 0 radical (unpaired) electrons. The Bertz CT molecular complexity index is 1030. The van der Waals surface area contributed by atoms with Crippen LogP contribution in [0, 0.1) is 0 Å². The maximum Gasteiger partial charge on any atom is 0.255 e. The second-order valence-electron chi connectivity index (χ2n) is 7.94. The van der Waals surface area contributed by atoms with Crippen LogP contribution in [0.15, 0.2) is 60.7 Å². The van der Waals surface area contributed by atoms with Crippen molar-refractivity contribution in [3.63, 3.8) is 0 Å². The topological polar surface area (TPSA) is 38.8 Å². The largest absolute Gasteiger partial charge is 0.454 e. The lowest BCUT2D eigenvalue weighted by Gasteiger charge is -2.35. The van der Waals surface area contributed by atoms with E-state index in [9.17, 15) is 4.79 Å². The lowest BCUT2D eigenvalue weighted by atomic mass is 9.92. The minimum absolute atomic E-state index is 0.117. The molecule has 1 saturated carbocycles. The molecule has 0 saturated heterocycles. The van der Waals surface area contributed by atoms with E-state index in [-0.39, 0.29) is 18.7 Å². The highest BCUT2D eigenvalue weighted by atomic mass is 16.7. The van der Waals surface area contributed by atoms with Crippen LogP contribution in [-0.2, 0) is 6.54 Å². The molecule has 4 heteroatoms. The Kier molecular flexibility index (Phi) is 4.84. The van der Waals surface area contributed by atoms with Crippen LogP contribution < -0.4 is 9.47 Å². The summed E-state index contributed by atoms with van der Waals surface area (Å²) in [5.74, 6) is 1.66. The van der Waals surface area contributed by atoms with Gasteiger partial charge in [0.1, 0.15) is 0 Å². The minimum atomic E-state index is 0.117. The number of ether oxygens (including phenoxy) is 2. The molecule has 29 heavy (non-hydrogen) atoms. The molecule has 3 aromatic carbocycles. The fourth-order valence-electron chi connectivity index (χ4n) is 4.56. The fourth-order valence-corrected chi connectivity index (χ4v) is 4.56. The summed E-state index contributed by atoms with van der Waals surface area (Å²) in [5.41, 5.74) is 1.86. The summed E-state index contributed by atoms with van der Waals surface area (Å²) in [4.78, 5) is 15.8. The van der Waals surface area contributed by atoms with Gasteiger partial charge in [-0.25, -0.2) is 0 Å². The van der Waals surface area contributed by atoms with Crippen LogP contribution >= 0.6 is 0 Å². The zero-order valence-corrected chi connectivity index (χ0v) is 16.5. The molecular weight excluding hydrogens is 362 g/mol. The first-order chi connectivity index (χ1) is 14.3. The normalized spacial score (nSPS) is 16.1. The molecule has 5 rings (SSSR count). The molecule has 3 aromatic rings. The van der Waals surface area contributed by atoms with Crippen molar-refractivity contribution in [2.75, 3.05) is 6.79 Å². The number of hydrogen-bond acceptors (Lipinski definition) is 3. The van der Waals surface area contributed by atoms with Crippen LogP contribution in [0.4, 0.5) is 0 Å². The summed E-state index contributed by atoms with van der Waals surface area (Å²) in [7, 11) is 0. The smallest absolute Gasteiger partial charge is 0.255 e. The first kappa shape index (κ1) is 18.0. The van der Waals surface area contributed by atoms with E-state index in [4.69, 9.17) is 9.47 Å². The van der Waals surface area contributed by atoms with Crippen molar-refractivity contribution in [2.45, 2.75) is 44.7 Å². The summed E-state index contributed by atoms with van der Waals surface area (Å²) in [5, 5.41) is 2.12.